The van der Waals surface area contributed by atoms with Gasteiger partial charge in [0.2, 0.25) is 0 Å². The van der Waals surface area contributed by atoms with E-state index in [1.807, 2.05) is 7.11 Å². The van der Waals surface area contributed by atoms with Gasteiger partial charge in [-0.25, -0.2) is 0 Å². The Morgan fingerprint density at radius 1 is 1.28 bits per heavy atom. The summed E-state index contributed by atoms with van der Waals surface area (Å²) in [4.78, 5) is 0. The third-order valence-electron chi connectivity index (χ3n) is 4.54. The Kier molecular flexibility index (Phi) is 2.90. The second-order valence-electron chi connectivity index (χ2n) is 5.38. The van der Waals surface area contributed by atoms with Crippen LogP contribution in [0.5, 0.6) is 5.75 Å². The fourth-order valence-corrected chi connectivity index (χ4v) is 3.67. The maximum atomic E-state index is 5.63. The first kappa shape index (κ1) is 11.8. The van der Waals surface area contributed by atoms with E-state index in [1.165, 1.54) is 23.1 Å². The summed E-state index contributed by atoms with van der Waals surface area (Å²) in [7, 11) is 3.55. The molecule has 2 aliphatic rings. The molecule has 3 atom stereocenters. The molecule has 0 unspecified atom stereocenters. The first-order valence-electron chi connectivity index (χ1n) is 6.62. The van der Waals surface area contributed by atoms with Crippen molar-refractivity contribution in [2.24, 2.45) is 5.92 Å². The lowest BCUT2D eigenvalue weighted by molar-refractivity contribution is 0.0628. The number of rotatable bonds is 2. The van der Waals surface area contributed by atoms with Crippen LogP contribution in [-0.2, 0) is 11.2 Å². The molecule has 2 heteroatoms. The summed E-state index contributed by atoms with van der Waals surface area (Å²) < 4.78 is 10.9. The van der Waals surface area contributed by atoms with Crippen LogP contribution in [0.1, 0.15) is 29.9 Å². The lowest BCUT2D eigenvalue weighted by Crippen LogP contribution is -2.25. The molecule has 0 aliphatic heterocycles. The molecule has 1 aromatic carbocycles. The average Bonchev–Trinajstić information content (AvgIpc) is 2.75. The Morgan fingerprint density at radius 2 is 2.11 bits per heavy atom. The van der Waals surface area contributed by atoms with Crippen LogP contribution in [0, 0.1) is 5.92 Å². The highest BCUT2D eigenvalue weighted by molar-refractivity contribution is 5.45. The minimum atomic E-state index is 0.359. The number of aryl methyl sites for hydroxylation is 1. The summed E-state index contributed by atoms with van der Waals surface area (Å²) in [6, 6.07) is 6.46. The van der Waals surface area contributed by atoms with Gasteiger partial charge in [-0.15, -0.1) is 0 Å². The highest BCUT2D eigenvalue weighted by Crippen LogP contribution is 2.50. The fourth-order valence-electron chi connectivity index (χ4n) is 3.67. The van der Waals surface area contributed by atoms with Crippen LogP contribution in [0.3, 0.4) is 0 Å². The van der Waals surface area contributed by atoms with E-state index in [1.54, 1.807) is 7.11 Å². The van der Waals surface area contributed by atoms with Crippen molar-refractivity contribution in [3.8, 4) is 5.75 Å². The van der Waals surface area contributed by atoms with Gasteiger partial charge in [-0.1, -0.05) is 18.2 Å². The first-order chi connectivity index (χ1) is 8.74. The van der Waals surface area contributed by atoms with Crippen LogP contribution < -0.4 is 4.74 Å². The number of methoxy groups -OCH3 is 2. The second-order valence-corrected chi connectivity index (χ2v) is 5.38. The molecule has 96 valence electrons. The molecule has 3 rings (SSSR count). The monoisotopic (exact) mass is 244 g/mol. The van der Waals surface area contributed by atoms with Crippen LogP contribution in [-0.4, -0.2) is 20.3 Å². The van der Waals surface area contributed by atoms with Crippen LogP contribution in [0.25, 0.3) is 0 Å². The molecule has 2 nitrogen and oxygen atoms in total. The molecule has 1 aromatic rings. The standard InChI is InChI=1S/C16H20O2/c1-10-8-15(18-3)14-6-4-11-9-12(17-2)5-7-13(11)16(10)14/h5,7,9,14-16H,1,4,6,8H2,2-3H3/t14-,15+,16-/m1/s1. The second kappa shape index (κ2) is 4.43. The van der Waals surface area contributed by atoms with Crippen molar-refractivity contribution in [2.75, 3.05) is 14.2 Å². The van der Waals surface area contributed by atoms with E-state index in [2.05, 4.69) is 24.8 Å². The Bertz CT molecular complexity index is 478. The predicted molar refractivity (Wildman–Crippen MR) is 72.1 cm³/mol. The van der Waals surface area contributed by atoms with Gasteiger partial charge in [0.1, 0.15) is 5.75 Å². The summed E-state index contributed by atoms with van der Waals surface area (Å²) in [5.41, 5.74) is 4.20. The molecule has 0 spiro atoms. The van der Waals surface area contributed by atoms with E-state index in [0.717, 1.165) is 18.6 Å². The van der Waals surface area contributed by atoms with E-state index in [4.69, 9.17) is 9.47 Å². The minimum Gasteiger partial charge on any atom is -0.497 e. The van der Waals surface area contributed by atoms with Gasteiger partial charge >= 0.3 is 0 Å². The largest absolute Gasteiger partial charge is 0.497 e. The summed E-state index contributed by atoms with van der Waals surface area (Å²) in [6.07, 6.45) is 3.69. The maximum Gasteiger partial charge on any atom is 0.119 e. The summed E-state index contributed by atoms with van der Waals surface area (Å²) in [5, 5.41) is 0. The summed E-state index contributed by atoms with van der Waals surface area (Å²) in [5.74, 6) is 2.06. The number of hydrogen-bond donors (Lipinski definition) is 0. The molecule has 0 amide bonds. The lowest BCUT2D eigenvalue weighted by atomic mass is 9.75. The van der Waals surface area contributed by atoms with Crippen molar-refractivity contribution in [1.29, 1.82) is 0 Å². The van der Waals surface area contributed by atoms with Crippen LogP contribution in [0.15, 0.2) is 30.4 Å². The number of hydrogen-bond acceptors (Lipinski definition) is 2. The first-order valence-corrected chi connectivity index (χ1v) is 6.62. The molecule has 2 aliphatic carbocycles. The third kappa shape index (κ3) is 1.67. The molecule has 0 aromatic heterocycles. The zero-order valence-corrected chi connectivity index (χ0v) is 11.1. The molecule has 18 heavy (non-hydrogen) atoms. The molecular weight excluding hydrogens is 224 g/mol. The Balaban J connectivity index is 2.00. The molecule has 1 fully saturated rings. The van der Waals surface area contributed by atoms with Gasteiger partial charge in [0.15, 0.2) is 0 Å². The minimum absolute atomic E-state index is 0.359. The van der Waals surface area contributed by atoms with Crippen LogP contribution in [0.4, 0.5) is 0 Å². The van der Waals surface area contributed by atoms with Gasteiger partial charge in [0.05, 0.1) is 13.2 Å². The molecule has 0 N–H and O–H groups in total. The maximum absolute atomic E-state index is 5.63. The molecule has 0 saturated heterocycles. The summed E-state index contributed by atoms with van der Waals surface area (Å²) in [6.45, 7) is 4.27. The number of benzene rings is 1. The van der Waals surface area contributed by atoms with Crippen LogP contribution in [0.2, 0.25) is 0 Å². The predicted octanol–water partition coefficient (Wildman–Crippen LogP) is 3.32. The van der Waals surface area contributed by atoms with Gasteiger partial charge in [-0.2, -0.15) is 0 Å². The van der Waals surface area contributed by atoms with Crippen molar-refractivity contribution < 1.29 is 9.47 Å². The number of fused-ring (bicyclic) bond motifs is 3. The highest BCUT2D eigenvalue weighted by atomic mass is 16.5. The highest BCUT2D eigenvalue weighted by Gasteiger charge is 2.42. The Morgan fingerprint density at radius 3 is 2.83 bits per heavy atom. The molecule has 1 saturated carbocycles. The van der Waals surface area contributed by atoms with Gasteiger partial charge < -0.3 is 9.47 Å². The lowest BCUT2D eigenvalue weighted by Gasteiger charge is -2.31. The molecular formula is C16H20O2. The average molecular weight is 244 g/mol. The van der Waals surface area contributed by atoms with Gasteiger partial charge in [-0.05, 0) is 48.4 Å². The number of ether oxygens (including phenoxy) is 2. The SMILES string of the molecule is C=C1C[C@H](OC)[C@H]2CCc3cc(OC)ccc3[C@@H]12. The zero-order valence-electron chi connectivity index (χ0n) is 11.1. The Labute approximate surface area is 109 Å². The van der Waals surface area contributed by atoms with Crippen LogP contribution >= 0.6 is 0 Å². The zero-order chi connectivity index (χ0) is 12.7. The van der Waals surface area contributed by atoms with Crippen molar-refractivity contribution in [3.05, 3.63) is 41.5 Å². The molecule has 0 radical (unpaired) electrons. The van der Waals surface area contributed by atoms with Crippen molar-refractivity contribution in [3.63, 3.8) is 0 Å². The van der Waals surface area contributed by atoms with Crippen molar-refractivity contribution >= 4 is 0 Å². The topological polar surface area (TPSA) is 18.5 Å². The van der Waals surface area contributed by atoms with E-state index in [-0.39, 0.29) is 0 Å². The normalized spacial score (nSPS) is 29.9. The summed E-state index contributed by atoms with van der Waals surface area (Å²) >= 11 is 0. The fraction of sp³-hybridized carbons (Fsp3) is 0.500. The van der Waals surface area contributed by atoms with Gasteiger partial charge in [0.25, 0.3) is 0 Å². The smallest absolute Gasteiger partial charge is 0.119 e. The van der Waals surface area contributed by atoms with Crippen molar-refractivity contribution in [1.82, 2.24) is 0 Å². The Hall–Kier alpha value is -1.28. The molecule has 0 heterocycles. The van der Waals surface area contributed by atoms with E-state index < -0.39 is 0 Å². The third-order valence-corrected chi connectivity index (χ3v) is 4.54. The van der Waals surface area contributed by atoms with Gasteiger partial charge in [0, 0.05) is 13.0 Å². The quantitative estimate of drug-likeness (QED) is 0.743. The van der Waals surface area contributed by atoms with Gasteiger partial charge in [-0.3, -0.25) is 0 Å². The van der Waals surface area contributed by atoms with E-state index in [0.29, 0.717) is 17.9 Å². The van der Waals surface area contributed by atoms with E-state index in [9.17, 15) is 0 Å². The molecule has 0 bridgehead atoms. The van der Waals surface area contributed by atoms with Crippen molar-refractivity contribution in [2.45, 2.75) is 31.3 Å². The van der Waals surface area contributed by atoms with E-state index >= 15 is 0 Å².